The van der Waals surface area contributed by atoms with Gasteiger partial charge in [-0.3, -0.25) is 4.79 Å². The highest BCUT2D eigenvalue weighted by Gasteiger charge is 2.15. The highest BCUT2D eigenvalue weighted by atomic mass is 16.6. The lowest BCUT2D eigenvalue weighted by molar-refractivity contribution is -0.158. The van der Waals surface area contributed by atoms with Gasteiger partial charge in [0.25, 0.3) is 6.47 Å². The molecule has 0 aromatic carbocycles. The summed E-state index contributed by atoms with van der Waals surface area (Å²) in [7, 11) is 0. The third-order valence-electron chi connectivity index (χ3n) is 0.661. The largest absolute Gasteiger partial charge is 0.478 e. The molecule has 52 valence electrons. The van der Waals surface area contributed by atoms with Crippen LogP contribution in [0.5, 0.6) is 0 Å². The second-order valence-corrected chi connectivity index (χ2v) is 1.24. The molecule has 0 saturated carbocycles. The lowest BCUT2D eigenvalue weighted by atomic mass is 10.4. The van der Waals surface area contributed by atoms with Gasteiger partial charge in [0.05, 0.1) is 6.61 Å². The molecule has 0 aliphatic rings. The van der Waals surface area contributed by atoms with E-state index in [1.54, 1.807) is 0 Å². The number of rotatable bonds is 4. The van der Waals surface area contributed by atoms with E-state index < -0.39 is 18.7 Å². The number of carboxylic acid groups (broad SMARTS) is 1. The van der Waals surface area contributed by atoms with E-state index >= 15 is 0 Å². The predicted molar refractivity (Wildman–Crippen MR) is 25.7 cm³/mol. The van der Waals surface area contributed by atoms with Crippen molar-refractivity contribution in [3.8, 4) is 0 Å². The van der Waals surface area contributed by atoms with Crippen LogP contribution < -0.4 is 0 Å². The summed E-state index contributed by atoms with van der Waals surface area (Å²) in [5.41, 5.74) is 0. The van der Waals surface area contributed by atoms with Gasteiger partial charge in [0.2, 0.25) is 6.10 Å². The van der Waals surface area contributed by atoms with Gasteiger partial charge in [0.15, 0.2) is 0 Å². The Labute approximate surface area is 50.9 Å². The molecule has 5 heteroatoms. The lowest BCUT2D eigenvalue weighted by Gasteiger charge is -2.03. The normalized spacial score (nSPS) is 12.1. The Kier molecular flexibility index (Phi) is 3.38. The first-order valence-corrected chi connectivity index (χ1v) is 2.15. The Balaban J connectivity index is 3.67. The zero-order chi connectivity index (χ0) is 7.28. The Bertz CT molecular complexity index is 110. The molecule has 0 aliphatic heterocycles. The minimum atomic E-state index is -1.43. The number of carbonyl (C=O) groups excluding carboxylic acids is 1. The molecular formula is C4H6O5. The highest BCUT2D eigenvalue weighted by Crippen LogP contribution is 1.86. The lowest BCUT2D eigenvalue weighted by Crippen LogP contribution is -2.26. The summed E-state index contributed by atoms with van der Waals surface area (Å²) in [6.45, 7) is -0.719. The molecular weight excluding hydrogens is 128 g/mol. The fourth-order valence-electron chi connectivity index (χ4n) is 0.246. The van der Waals surface area contributed by atoms with Crippen molar-refractivity contribution in [3.05, 3.63) is 0 Å². The quantitative estimate of drug-likeness (QED) is 0.462. The number of hydrogen-bond donors (Lipinski definition) is 2. The van der Waals surface area contributed by atoms with Crippen molar-refractivity contribution in [1.29, 1.82) is 0 Å². The van der Waals surface area contributed by atoms with Crippen LogP contribution in [0.15, 0.2) is 0 Å². The van der Waals surface area contributed by atoms with Crippen LogP contribution in [0.3, 0.4) is 0 Å². The first-order chi connectivity index (χ1) is 4.22. The van der Waals surface area contributed by atoms with E-state index in [0.717, 1.165) is 0 Å². The second-order valence-electron chi connectivity index (χ2n) is 1.24. The van der Waals surface area contributed by atoms with Crippen LogP contribution in [0.2, 0.25) is 0 Å². The smallest absolute Gasteiger partial charge is 0.347 e. The molecule has 0 rings (SSSR count). The third-order valence-corrected chi connectivity index (χ3v) is 0.661. The van der Waals surface area contributed by atoms with Crippen LogP contribution in [-0.4, -0.2) is 35.4 Å². The average molecular weight is 134 g/mol. The summed E-state index contributed by atoms with van der Waals surface area (Å²) in [4.78, 5) is 19.4. The standard InChI is InChI=1S/C4H6O5/c5-1-3(4(7)8)9-2-6/h2-3,5H,1H2,(H,7,8). The van der Waals surface area contributed by atoms with Crippen molar-refractivity contribution in [3.63, 3.8) is 0 Å². The van der Waals surface area contributed by atoms with Gasteiger partial charge in [-0.05, 0) is 0 Å². The maximum Gasteiger partial charge on any atom is 0.347 e. The highest BCUT2D eigenvalue weighted by molar-refractivity contribution is 5.73. The minimum Gasteiger partial charge on any atom is -0.478 e. The van der Waals surface area contributed by atoms with Crippen molar-refractivity contribution in [2.75, 3.05) is 6.61 Å². The molecule has 0 aromatic heterocycles. The number of aliphatic hydroxyl groups excluding tert-OH is 1. The molecule has 5 nitrogen and oxygen atoms in total. The number of hydrogen-bond acceptors (Lipinski definition) is 4. The Morgan fingerprint density at radius 3 is 2.44 bits per heavy atom. The van der Waals surface area contributed by atoms with E-state index in [9.17, 15) is 9.59 Å². The Morgan fingerprint density at radius 1 is 1.78 bits per heavy atom. The van der Waals surface area contributed by atoms with Gasteiger partial charge in [-0.15, -0.1) is 0 Å². The maximum absolute atomic E-state index is 9.88. The molecule has 1 atom stereocenters. The van der Waals surface area contributed by atoms with Crippen molar-refractivity contribution >= 4 is 12.4 Å². The van der Waals surface area contributed by atoms with Crippen molar-refractivity contribution in [2.24, 2.45) is 0 Å². The summed E-state index contributed by atoms with van der Waals surface area (Å²) < 4.78 is 3.92. The molecule has 0 bridgehead atoms. The molecule has 1 unspecified atom stereocenters. The Hall–Kier alpha value is -1.10. The molecule has 0 radical (unpaired) electrons. The van der Waals surface area contributed by atoms with Gasteiger partial charge < -0.3 is 14.9 Å². The molecule has 0 spiro atoms. The molecule has 0 fully saturated rings. The van der Waals surface area contributed by atoms with Crippen LogP contribution in [-0.2, 0) is 14.3 Å². The second kappa shape index (κ2) is 3.85. The average Bonchev–Trinajstić information content (AvgIpc) is 1.82. The van der Waals surface area contributed by atoms with Crippen LogP contribution in [0.4, 0.5) is 0 Å². The van der Waals surface area contributed by atoms with Gasteiger partial charge >= 0.3 is 5.97 Å². The molecule has 0 aromatic rings. The molecule has 2 N–H and O–H groups in total. The van der Waals surface area contributed by atoms with Gasteiger partial charge in [-0.25, -0.2) is 4.79 Å². The van der Waals surface area contributed by atoms with E-state index in [1.807, 2.05) is 0 Å². The molecule has 0 aliphatic carbocycles. The van der Waals surface area contributed by atoms with E-state index in [2.05, 4.69) is 4.74 Å². The third kappa shape index (κ3) is 2.65. The number of ether oxygens (including phenoxy) is 1. The molecule has 0 saturated heterocycles. The summed E-state index contributed by atoms with van der Waals surface area (Å²) in [6, 6.07) is 0. The molecule has 9 heavy (non-hydrogen) atoms. The topological polar surface area (TPSA) is 83.8 Å². The number of carboxylic acids is 1. The summed E-state index contributed by atoms with van der Waals surface area (Å²) in [5.74, 6) is -1.36. The van der Waals surface area contributed by atoms with Crippen molar-refractivity contribution in [2.45, 2.75) is 6.10 Å². The first-order valence-electron chi connectivity index (χ1n) is 2.15. The van der Waals surface area contributed by atoms with E-state index in [0.29, 0.717) is 0 Å². The van der Waals surface area contributed by atoms with Crippen molar-refractivity contribution in [1.82, 2.24) is 0 Å². The SMILES string of the molecule is O=COC(CO)C(=O)O. The number of carbonyl (C=O) groups is 2. The van der Waals surface area contributed by atoms with Crippen LogP contribution in [0.1, 0.15) is 0 Å². The first kappa shape index (κ1) is 7.90. The van der Waals surface area contributed by atoms with Crippen molar-refractivity contribution < 1.29 is 24.5 Å². The van der Waals surface area contributed by atoms with Gasteiger partial charge in [-0.1, -0.05) is 0 Å². The number of aliphatic hydroxyl groups is 1. The van der Waals surface area contributed by atoms with Gasteiger partial charge in [-0.2, -0.15) is 0 Å². The molecule has 0 amide bonds. The minimum absolute atomic E-state index is 0.0188. The Morgan fingerprint density at radius 2 is 2.33 bits per heavy atom. The van der Waals surface area contributed by atoms with Crippen LogP contribution >= 0.6 is 0 Å². The fourth-order valence-corrected chi connectivity index (χ4v) is 0.246. The van der Waals surface area contributed by atoms with Crippen LogP contribution in [0.25, 0.3) is 0 Å². The maximum atomic E-state index is 9.88. The summed E-state index contributed by atoms with van der Waals surface area (Å²) >= 11 is 0. The summed E-state index contributed by atoms with van der Waals surface area (Å²) in [5, 5.41) is 16.2. The van der Waals surface area contributed by atoms with E-state index in [4.69, 9.17) is 10.2 Å². The zero-order valence-corrected chi connectivity index (χ0v) is 4.48. The number of aliphatic carboxylic acids is 1. The van der Waals surface area contributed by atoms with E-state index in [-0.39, 0.29) is 6.47 Å². The zero-order valence-electron chi connectivity index (χ0n) is 4.48. The van der Waals surface area contributed by atoms with Crippen LogP contribution in [0, 0.1) is 0 Å². The van der Waals surface area contributed by atoms with Gasteiger partial charge in [0.1, 0.15) is 0 Å². The van der Waals surface area contributed by atoms with Gasteiger partial charge in [0, 0.05) is 0 Å². The predicted octanol–water partition coefficient (Wildman–Crippen LogP) is -1.40. The molecule has 0 heterocycles. The van der Waals surface area contributed by atoms with E-state index in [1.165, 1.54) is 0 Å². The fraction of sp³-hybridized carbons (Fsp3) is 0.500. The summed E-state index contributed by atoms with van der Waals surface area (Å²) in [6.07, 6.45) is -1.43. The monoisotopic (exact) mass is 134 g/mol.